The number of rotatable bonds is 2. The zero-order valence-corrected chi connectivity index (χ0v) is 12.0. The fraction of sp³-hybridized carbons (Fsp3) is 0.500. The van der Waals surface area contributed by atoms with Gasteiger partial charge in [0.25, 0.3) is 0 Å². The maximum Gasteiger partial charge on any atom is 1.00 e. The van der Waals surface area contributed by atoms with Crippen LogP contribution in [-0.4, -0.2) is 22.2 Å². The standard InChI is InChI=1S/C8H9NO3S.K/c1-2-4-7(8(11)12)9-5(10)3-6(9)13-4;/h6H,2-3H2,1H3,(H,11,12);/q;+1/p-1/t6-;/m0./s1. The summed E-state index contributed by atoms with van der Waals surface area (Å²) in [5.74, 6) is -1.35. The Kier molecular flexibility index (Phi) is 4.25. The minimum Gasteiger partial charge on any atom is -0.543 e. The second kappa shape index (κ2) is 4.67. The van der Waals surface area contributed by atoms with Gasteiger partial charge in [-0.3, -0.25) is 9.69 Å². The summed E-state index contributed by atoms with van der Waals surface area (Å²) >= 11 is 1.46. The van der Waals surface area contributed by atoms with Crippen molar-refractivity contribution < 1.29 is 66.1 Å². The normalized spacial score (nSPS) is 24.2. The molecule has 0 aliphatic carbocycles. The number of amides is 1. The molecule has 0 radical (unpaired) electrons. The summed E-state index contributed by atoms with van der Waals surface area (Å²) in [6, 6.07) is 0. The van der Waals surface area contributed by atoms with Crippen LogP contribution in [0.5, 0.6) is 0 Å². The number of hydrogen-bond acceptors (Lipinski definition) is 4. The molecule has 1 amide bonds. The van der Waals surface area contributed by atoms with Crippen LogP contribution in [-0.2, 0) is 9.59 Å². The van der Waals surface area contributed by atoms with Crippen molar-refractivity contribution in [1.29, 1.82) is 0 Å². The van der Waals surface area contributed by atoms with Gasteiger partial charge in [0, 0.05) is 4.91 Å². The third-order valence-corrected chi connectivity index (χ3v) is 3.62. The average Bonchev–Trinajstić information content (AvgIpc) is 2.37. The van der Waals surface area contributed by atoms with Gasteiger partial charge < -0.3 is 9.90 Å². The molecule has 0 spiro atoms. The number of β-lactam (4-membered cyclic amide) rings is 1. The largest absolute Gasteiger partial charge is 1.00 e. The molecule has 2 aliphatic heterocycles. The Hall–Kier alpha value is 0.666. The molecular formula is C8H8KNO3S. The Morgan fingerprint density at radius 2 is 2.36 bits per heavy atom. The van der Waals surface area contributed by atoms with Gasteiger partial charge in [-0.15, -0.1) is 11.8 Å². The molecule has 0 bridgehead atoms. The molecule has 1 saturated heterocycles. The maximum atomic E-state index is 11.1. The zero-order chi connectivity index (χ0) is 9.59. The molecule has 2 aliphatic rings. The van der Waals surface area contributed by atoms with E-state index < -0.39 is 5.97 Å². The first-order valence-electron chi connectivity index (χ1n) is 4.08. The van der Waals surface area contributed by atoms with E-state index in [0.29, 0.717) is 12.8 Å². The number of nitrogens with zero attached hydrogens (tertiary/aromatic N) is 1. The average molecular weight is 237 g/mol. The number of carboxylic acids is 1. The molecule has 0 saturated carbocycles. The van der Waals surface area contributed by atoms with Crippen molar-refractivity contribution in [2.24, 2.45) is 0 Å². The van der Waals surface area contributed by atoms with E-state index >= 15 is 0 Å². The summed E-state index contributed by atoms with van der Waals surface area (Å²) in [5, 5.41) is 10.8. The van der Waals surface area contributed by atoms with Gasteiger partial charge in [-0.1, -0.05) is 6.92 Å². The van der Waals surface area contributed by atoms with Gasteiger partial charge in [0.2, 0.25) is 5.91 Å². The van der Waals surface area contributed by atoms with Crippen LogP contribution in [0.1, 0.15) is 19.8 Å². The molecule has 70 valence electrons. The molecule has 2 heterocycles. The van der Waals surface area contributed by atoms with Crippen LogP contribution in [0.4, 0.5) is 0 Å². The first kappa shape index (κ1) is 12.7. The number of thioether (sulfide) groups is 1. The third-order valence-electron chi connectivity index (χ3n) is 2.20. The van der Waals surface area contributed by atoms with Crippen molar-refractivity contribution in [1.82, 2.24) is 4.90 Å². The molecule has 0 N–H and O–H groups in total. The summed E-state index contributed by atoms with van der Waals surface area (Å²) in [5.41, 5.74) is 0.0914. The Morgan fingerprint density at radius 3 is 2.79 bits per heavy atom. The fourth-order valence-corrected chi connectivity index (χ4v) is 2.91. The quantitative estimate of drug-likeness (QED) is 0.372. The van der Waals surface area contributed by atoms with Crippen LogP contribution in [0.15, 0.2) is 10.6 Å². The number of aliphatic carboxylic acids is 1. The molecule has 1 atom stereocenters. The zero-order valence-electron chi connectivity index (χ0n) is 8.07. The van der Waals surface area contributed by atoms with Gasteiger partial charge in [-0.2, -0.15) is 0 Å². The molecule has 6 heteroatoms. The van der Waals surface area contributed by atoms with Crippen molar-refractivity contribution in [3.8, 4) is 0 Å². The van der Waals surface area contributed by atoms with Crippen LogP contribution in [0.25, 0.3) is 0 Å². The van der Waals surface area contributed by atoms with Crippen molar-refractivity contribution in [2.75, 3.05) is 0 Å². The van der Waals surface area contributed by atoms with Crippen molar-refractivity contribution in [3.05, 3.63) is 10.6 Å². The summed E-state index contributed by atoms with van der Waals surface area (Å²) in [4.78, 5) is 23.9. The fourth-order valence-electron chi connectivity index (χ4n) is 1.57. The van der Waals surface area contributed by atoms with E-state index in [1.54, 1.807) is 0 Å². The van der Waals surface area contributed by atoms with E-state index in [1.807, 2.05) is 6.92 Å². The molecule has 0 aromatic carbocycles. The maximum absolute atomic E-state index is 11.1. The van der Waals surface area contributed by atoms with E-state index in [9.17, 15) is 14.7 Å². The first-order valence-corrected chi connectivity index (χ1v) is 4.96. The molecule has 0 aromatic rings. The molecular weight excluding hydrogens is 229 g/mol. The number of carbonyl (C=O) groups excluding carboxylic acids is 2. The number of carboxylic acid groups (broad SMARTS) is 1. The Morgan fingerprint density at radius 1 is 1.71 bits per heavy atom. The van der Waals surface area contributed by atoms with Gasteiger partial charge in [-0.05, 0) is 6.42 Å². The van der Waals surface area contributed by atoms with Gasteiger partial charge in [0.05, 0.1) is 23.5 Å². The van der Waals surface area contributed by atoms with E-state index in [2.05, 4.69) is 0 Å². The summed E-state index contributed by atoms with van der Waals surface area (Å²) in [6.07, 6.45) is 1.10. The monoisotopic (exact) mass is 237 g/mol. The number of allylic oxidation sites excluding steroid dienone is 1. The topological polar surface area (TPSA) is 60.4 Å². The molecule has 0 unspecified atom stereocenters. The second-order valence-corrected chi connectivity index (χ2v) is 4.23. The summed E-state index contributed by atoms with van der Waals surface area (Å²) < 4.78 is 0. The number of fused-ring (bicyclic) bond motifs is 1. The molecule has 4 nitrogen and oxygen atoms in total. The van der Waals surface area contributed by atoms with Crippen molar-refractivity contribution >= 4 is 23.6 Å². The minimum absolute atomic E-state index is 0. The van der Waals surface area contributed by atoms with Gasteiger partial charge in [0.15, 0.2) is 0 Å². The van der Waals surface area contributed by atoms with E-state index in [0.717, 1.165) is 4.91 Å². The van der Waals surface area contributed by atoms with Gasteiger partial charge in [-0.25, -0.2) is 0 Å². The van der Waals surface area contributed by atoms with Gasteiger partial charge >= 0.3 is 51.4 Å². The summed E-state index contributed by atoms with van der Waals surface area (Å²) in [7, 11) is 0. The van der Waals surface area contributed by atoms with Crippen molar-refractivity contribution in [2.45, 2.75) is 25.1 Å². The van der Waals surface area contributed by atoms with E-state index in [-0.39, 0.29) is 68.4 Å². The van der Waals surface area contributed by atoms with E-state index in [1.165, 1.54) is 16.7 Å². The number of carbonyl (C=O) groups is 2. The predicted octanol–water partition coefficient (Wildman–Crippen LogP) is -3.33. The molecule has 2 rings (SSSR count). The van der Waals surface area contributed by atoms with Crippen LogP contribution in [0.3, 0.4) is 0 Å². The Labute approximate surface area is 129 Å². The summed E-state index contributed by atoms with van der Waals surface area (Å²) in [6.45, 7) is 1.88. The predicted molar refractivity (Wildman–Crippen MR) is 45.2 cm³/mol. The minimum atomic E-state index is -1.24. The van der Waals surface area contributed by atoms with Gasteiger partial charge in [0.1, 0.15) is 0 Å². The van der Waals surface area contributed by atoms with Crippen LogP contribution < -0.4 is 56.5 Å². The molecule has 14 heavy (non-hydrogen) atoms. The number of hydrogen-bond donors (Lipinski definition) is 0. The molecule has 0 aromatic heterocycles. The van der Waals surface area contributed by atoms with Crippen LogP contribution >= 0.6 is 11.8 Å². The van der Waals surface area contributed by atoms with E-state index in [4.69, 9.17) is 0 Å². The SMILES string of the molecule is CCC1=C(C(=O)[O-])N2C(=O)C[C@@H]2S1.[K+]. The van der Waals surface area contributed by atoms with Crippen LogP contribution in [0.2, 0.25) is 0 Å². The molecule has 1 fully saturated rings. The van der Waals surface area contributed by atoms with Crippen LogP contribution in [0, 0.1) is 0 Å². The smallest absolute Gasteiger partial charge is 0.543 e. The Balaban J connectivity index is 0.000000980. The Bertz CT molecular complexity index is 329. The third kappa shape index (κ3) is 1.83. The first-order chi connectivity index (χ1) is 6.15. The van der Waals surface area contributed by atoms with Crippen molar-refractivity contribution in [3.63, 3.8) is 0 Å². The second-order valence-electron chi connectivity index (χ2n) is 2.95.